The molecule has 0 atom stereocenters. The lowest BCUT2D eigenvalue weighted by atomic mass is 10.1. The van der Waals surface area contributed by atoms with E-state index in [1.807, 2.05) is 0 Å². The first-order chi connectivity index (χ1) is 15.7. The third-order valence-electron chi connectivity index (χ3n) is 4.48. The summed E-state index contributed by atoms with van der Waals surface area (Å²) < 4.78 is 90.9. The summed E-state index contributed by atoms with van der Waals surface area (Å²) in [4.78, 5) is 19.1. The summed E-state index contributed by atoms with van der Waals surface area (Å²) in [5.41, 5.74) is 0.279. The van der Waals surface area contributed by atoms with Crippen molar-refractivity contribution < 1.29 is 35.2 Å². The first kappa shape index (κ1) is 25.9. The van der Waals surface area contributed by atoms with Crippen molar-refractivity contribution in [2.75, 3.05) is 5.75 Å². The minimum Gasteiger partial charge on any atom is -0.265 e. The van der Waals surface area contributed by atoms with E-state index in [1.165, 1.54) is 19.2 Å². The number of pyridine rings is 1. The van der Waals surface area contributed by atoms with E-state index in [9.17, 15) is 35.2 Å². The van der Waals surface area contributed by atoms with E-state index in [2.05, 4.69) is 15.1 Å². The zero-order valence-electron chi connectivity index (χ0n) is 17.3. The highest BCUT2D eigenvalue weighted by molar-refractivity contribution is 7.91. The quantitative estimate of drug-likeness (QED) is 0.448. The number of alkyl halides is 5. The SMILES string of the molecule is CCS(=O)(=O)c1cc(-c2ccc(Cl)cc2)cnc1C(=O)N=c1sc(C(F)(F)C(F)(F)F)nn1C. The molecule has 0 radical (unpaired) electrons. The molecule has 0 fully saturated rings. The highest BCUT2D eigenvalue weighted by Crippen LogP contribution is 2.43. The van der Waals surface area contributed by atoms with Crippen LogP contribution in [0, 0.1) is 0 Å². The Hall–Kier alpha value is -2.71. The molecule has 0 aliphatic heterocycles. The number of halogens is 6. The molecule has 0 spiro atoms. The fraction of sp³-hybridized carbons (Fsp3) is 0.263. The minimum atomic E-state index is -5.90. The summed E-state index contributed by atoms with van der Waals surface area (Å²) in [6, 6.07) is 7.54. The van der Waals surface area contributed by atoms with E-state index >= 15 is 0 Å². The second-order valence-corrected chi connectivity index (χ2v) is 10.4. The number of benzene rings is 1. The molecule has 7 nitrogen and oxygen atoms in total. The number of carbonyl (C=O) groups excluding carboxylic acids is 1. The maximum Gasteiger partial charge on any atom is 0.460 e. The maximum atomic E-state index is 13.6. The van der Waals surface area contributed by atoms with E-state index in [4.69, 9.17) is 11.6 Å². The normalized spacial score (nSPS) is 13.4. The van der Waals surface area contributed by atoms with Crippen LogP contribution in [0.2, 0.25) is 5.02 Å². The minimum absolute atomic E-state index is 0.159. The van der Waals surface area contributed by atoms with Gasteiger partial charge in [-0.2, -0.15) is 32.0 Å². The lowest BCUT2D eigenvalue weighted by Gasteiger charge is -2.15. The Kier molecular flexibility index (Phi) is 6.97. The first-order valence-corrected chi connectivity index (χ1v) is 12.1. The van der Waals surface area contributed by atoms with Crippen LogP contribution in [0.4, 0.5) is 22.0 Å². The maximum absolute atomic E-state index is 13.6. The molecule has 2 aromatic heterocycles. The van der Waals surface area contributed by atoms with Crippen LogP contribution in [-0.2, 0) is 22.8 Å². The molecule has 1 aromatic carbocycles. The predicted molar refractivity (Wildman–Crippen MR) is 113 cm³/mol. The lowest BCUT2D eigenvalue weighted by Crippen LogP contribution is -2.33. The highest BCUT2D eigenvalue weighted by Gasteiger charge is 2.61. The molecule has 0 aliphatic rings. The molecule has 0 bridgehead atoms. The number of hydrogen-bond acceptors (Lipinski definition) is 6. The predicted octanol–water partition coefficient (Wildman–Crippen LogP) is 4.39. The van der Waals surface area contributed by atoms with Crippen LogP contribution in [0.3, 0.4) is 0 Å². The summed E-state index contributed by atoms with van der Waals surface area (Å²) in [5.74, 6) is -6.91. The second kappa shape index (κ2) is 9.15. The third-order valence-corrected chi connectivity index (χ3v) is 7.54. The average Bonchev–Trinajstić information content (AvgIpc) is 3.14. The van der Waals surface area contributed by atoms with Crippen LogP contribution in [0.25, 0.3) is 11.1 Å². The fourth-order valence-electron chi connectivity index (χ4n) is 2.63. The van der Waals surface area contributed by atoms with Crippen LogP contribution in [-0.4, -0.2) is 41.0 Å². The smallest absolute Gasteiger partial charge is 0.265 e. The second-order valence-electron chi connectivity index (χ2n) is 6.78. The number of sulfone groups is 1. The van der Waals surface area contributed by atoms with Crippen molar-refractivity contribution in [1.82, 2.24) is 14.8 Å². The van der Waals surface area contributed by atoms with Crippen LogP contribution in [0.1, 0.15) is 22.4 Å². The van der Waals surface area contributed by atoms with Crippen LogP contribution >= 0.6 is 22.9 Å². The van der Waals surface area contributed by atoms with Crippen molar-refractivity contribution in [3.63, 3.8) is 0 Å². The first-order valence-electron chi connectivity index (χ1n) is 9.24. The Bertz CT molecular complexity index is 1410. The fourth-order valence-corrected chi connectivity index (χ4v) is 4.69. The van der Waals surface area contributed by atoms with Gasteiger partial charge in [-0.1, -0.05) is 42.0 Å². The van der Waals surface area contributed by atoms with Gasteiger partial charge in [0.05, 0.1) is 10.6 Å². The van der Waals surface area contributed by atoms with Crippen molar-refractivity contribution in [1.29, 1.82) is 0 Å². The van der Waals surface area contributed by atoms with Gasteiger partial charge in [0.2, 0.25) is 4.80 Å². The average molecular weight is 541 g/mol. The standard InChI is InChI=1S/C19H14ClF5N4O3S2/c1-3-34(31,32)13-8-11(10-4-6-12(20)7-5-10)9-26-14(13)15(30)27-17-29(2)28-16(33-17)18(21,22)19(23,24)25/h4-9H,3H2,1-2H3. The summed E-state index contributed by atoms with van der Waals surface area (Å²) in [6.07, 6.45) is -4.70. The van der Waals surface area contributed by atoms with Gasteiger partial charge in [0.15, 0.2) is 14.8 Å². The Morgan fingerprint density at radius 2 is 1.76 bits per heavy atom. The molecular formula is C19H14ClF5N4O3S2. The van der Waals surface area contributed by atoms with Crippen molar-refractivity contribution in [3.8, 4) is 11.1 Å². The van der Waals surface area contributed by atoms with E-state index < -0.39 is 54.0 Å². The third kappa shape index (κ3) is 5.03. The van der Waals surface area contributed by atoms with Crippen molar-refractivity contribution in [2.45, 2.75) is 23.9 Å². The molecule has 15 heteroatoms. The number of hydrogen-bond donors (Lipinski definition) is 0. The molecule has 2 heterocycles. The molecule has 0 unspecified atom stereocenters. The van der Waals surface area contributed by atoms with Crippen LogP contribution in [0.5, 0.6) is 0 Å². The zero-order valence-corrected chi connectivity index (χ0v) is 19.7. The molecule has 3 rings (SSSR count). The van der Waals surface area contributed by atoms with Gasteiger partial charge >= 0.3 is 12.1 Å². The van der Waals surface area contributed by atoms with E-state index in [0.29, 0.717) is 20.8 Å². The van der Waals surface area contributed by atoms with Crippen LogP contribution in [0.15, 0.2) is 46.4 Å². The number of carbonyl (C=O) groups is 1. The highest BCUT2D eigenvalue weighted by atomic mass is 35.5. The molecule has 182 valence electrons. The Labute approximate surface area is 198 Å². The largest absolute Gasteiger partial charge is 0.460 e. The van der Waals surface area contributed by atoms with Crippen molar-refractivity contribution in [2.24, 2.45) is 12.0 Å². The summed E-state index contributed by atoms with van der Waals surface area (Å²) >= 11 is 5.69. The van der Waals surface area contributed by atoms with Gasteiger partial charge in [0.25, 0.3) is 5.91 Å². The molecule has 0 saturated carbocycles. The van der Waals surface area contributed by atoms with Gasteiger partial charge in [0.1, 0.15) is 5.69 Å². The van der Waals surface area contributed by atoms with E-state index in [-0.39, 0.29) is 11.3 Å². The monoisotopic (exact) mass is 540 g/mol. The van der Waals surface area contributed by atoms with Gasteiger partial charge in [-0.05, 0) is 23.8 Å². The Morgan fingerprint density at radius 1 is 1.15 bits per heavy atom. The zero-order chi connectivity index (χ0) is 25.5. The van der Waals surface area contributed by atoms with E-state index in [1.54, 1.807) is 24.3 Å². The van der Waals surface area contributed by atoms with Gasteiger partial charge in [0, 0.05) is 23.8 Å². The number of aromatic nitrogens is 3. The number of nitrogens with zero attached hydrogens (tertiary/aromatic N) is 4. The molecule has 0 aliphatic carbocycles. The Balaban J connectivity index is 2.12. The molecule has 1 amide bonds. The van der Waals surface area contributed by atoms with Crippen molar-refractivity contribution in [3.05, 3.63) is 57.1 Å². The van der Waals surface area contributed by atoms with Crippen molar-refractivity contribution >= 4 is 38.7 Å². The summed E-state index contributed by atoms with van der Waals surface area (Å²) in [7, 11) is -3.00. The van der Waals surface area contributed by atoms with Gasteiger partial charge in [-0.25, -0.2) is 18.1 Å². The van der Waals surface area contributed by atoms with Crippen LogP contribution < -0.4 is 4.80 Å². The number of amides is 1. The lowest BCUT2D eigenvalue weighted by molar-refractivity contribution is -0.289. The Morgan fingerprint density at radius 3 is 2.32 bits per heavy atom. The molecular weight excluding hydrogens is 527 g/mol. The number of aryl methyl sites for hydroxylation is 1. The van der Waals surface area contributed by atoms with E-state index in [0.717, 1.165) is 7.05 Å². The topological polar surface area (TPSA) is 94.3 Å². The summed E-state index contributed by atoms with van der Waals surface area (Å²) in [6.45, 7) is 1.34. The van der Waals surface area contributed by atoms with Gasteiger partial charge in [-0.15, -0.1) is 0 Å². The number of rotatable bonds is 5. The molecule has 3 aromatic rings. The molecule has 34 heavy (non-hydrogen) atoms. The molecule has 0 N–H and O–H groups in total. The molecule has 0 saturated heterocycles. The summed E-state index contributed by atoms with van der Waals surface area (Å²) in [5, 5.41) is 1.93. The van der Waals surface area contributed by atoms with Gasteiger partial charge < -0.3 is 0 Å². The van der Waals surface area contributed by atoms with Gasteiger partial charge in [-0.3, -0.25) is 4.79 Å².